The van der Waals surface area contributed by atoms with E-state index >= 15 is 4.39 Å². The number of pyridine rings is 2. The highest BCUT2D eigenvalue weighted by molar-refractivity contribution is 7.88. The third-order valence-corrected chi connectivity index (χ3v) is 8.27. The summed E-state index contributed by atoms with van der Waals surface area (Å²) in [5.41, 5.74) is 4.66. The lowest BCUT2D eigenvalue weighted by molar-refractivity contribution is -0.115. The highest BCUT2D eigenvalue weighted by atomic mass is 32.2. The van der Waals surface area contributed by atoms with Crippen LogP contribution in [0, 0.1) is 11.6 Å². The standard InChI is InChI=1S/C34H26F2N8O3S/c1-48(46,47)39-16-20-11-21(14-23(35)12-20)31-32-27(9-10-38-31)41-34(42-32)33-29-26(43-44-33)8-7-25(30(29)36)22-15-24(18-37-17-22)40-28(45)13-19-5-3-2-4-6-19/h2-12,14-15,17-18,39H,13,16H2,1H3,(H,40,45)(H,41,42)(H,43,44). The number of aromatic amines is 2. The number of amides is 1. The maximum atomic E-state index is 16.3. The van der Waals surface area contributed by atoms with E-state index in [1.807, 2.05) is 30.3 Å². The summed E-state index contributed by atoms with van der Waals surface area (Å²) in [7, 11) is -3.50. The molecule has 0 atom stereocenters. The van der Waals surface area contributed by atoms with Crippen molar-refractivity contribution in [3.63, 3.8) is 0 Å². The highest BCUT2D eigenvalue weighted by Crippen LogP contribution is 2.35. The second kappa shape index (κ2) is 12.4. The number of rotatable bonds is 9. The molecule has 0 saturated heterocycles. The van der Waals surface area contributed by atoms with Gasteiger partial charge < -0.3 is 10.3 Å². The van der Waals surface area contributed by atoms with Gasteiger partial charge in [-0.15, -0.1) is 0 Å². The summed E-state index contributed by atoms with van der Waals surface area (Å²) < 4.78 is 56.5. The maximum Gasteiger partial charge on any atom is 0.228 e. The molecule has 0 unspecified atom stereocenters. The second-order valence-electron chi connectivity index (χ2n) is 11.2. The third kappa shape index (κ3) is 6.38. The van der Waals surface area contributed by atoms with Gasteiger partial charge in [0.15, 0.2) is 5.82 Å². The monoisotopic (exact) mass is 664 g/mol. The molecule has 14 heteroatoms. The fraction of sp³-hybridized carbons (Fsp3) is 0.0882. The number of aromatic nitrogens is 6. The zero-order valence-electron chi connectivity index (χ0n) is 25.3. The minimum Gasteiger partial charge on any atom is -0.336 e. The first kappa shape index (κ1) is 30.8. The van der Waals surface area contributed by atoms with Crippen LogP contribution in [0.25, 0.3) is 55.8 Å². The first-order valence-electron chi connectivity index (χ1n) is 14.7. The molecular formula is C34H26F2N8O3S. The molecule has 7 rings (SSSR count). The van der Waals surface area contributed by atoms with E-state index < -0.39 is 21.7 Å². The largest absolute Gasteiger partial charge is 0.336 e. The number of carbonyl (C=O) groups excluding carboxylic acids is 1. The first-order chi connectivity index (χ1) is 23.1. The minimum atomic E-state index is -3.50. The number of hydrogen-bond donors (Lipinski definition) is 4. The molecule has 240 valence electrons. The van der Waals surface area contributed by atoms with Crippen molar-refractivity contribution in [2.45, 2.75) is 13.0 Å². The maximum absolute atomic E-state index is 16.3. The van der Waals surface area contributed by atoms with Crippen molar-refractivity contribution in [1.29, 1.82) is 0 Å². The molecule has 48 heavy (non-hydrogen) atoms. The van der Waals surface area contributed by atoms with Gasteiger partial charge in [-0.3, -0.25) is 19.9 Å². The number of H-pyrrole nitrogens is 2. The smallest absolute Gasteiger partial charge is 0.228 e. The Morgan fingerprint density at radius 3 is 2.54 bits per heavy atom. The topological polar surface area (TPSA) is 158 Å². The Bertz CT molecular complexity index is 2450. The summed E-state index contributed by atoms with van der Waals surface area (Å²) in [5, 5.41) is 10.2. The van der Waals surface area contributed by atoms with Crippen molar-refractivity contribution in [3.8, 4) is 33.9 Å². The van der Waals surface area contributed by atoms with Gasteiger partial charge in [-0.2, -0.15) is 5.10 Å². The first-order valence-corrected chi connectivity index (χ1v) is 16.6. The van der Waals surface area contributed by atoms with Gasteiger partial charge in [0.1, 0.15) is 22.8 Å². The Hall–Kier alpha value is -5.86. The van der Waals surface area contributed by atoms with E-state index in [2.05, 4.69) is 40.2 Å². The van der Waals surface area contributed by atoms with Crippen LogP contribution in [0.15, 0.2) is 91.4 Å². The summed E-state index contributed by atoms with van der Waals surface area (Å²) in [6.07, 6.45) is 5.73. The predicted molar refractivity (Wildman–Crippen MR) is 178 cm³/mol. The Labute approximate surface area is 272 Å². The predicted octanol–water partition coefficient (Wildman–Crippen LogP) is 5.74. The summed E-state index contributed by atoms with van der Waals surface area (Å²) in [6.45, 7) is -0.106. The molecule has 0 aliphatic carbocycles. The van der Waals surface area contributed by atoms with E-state index in [1.54, 1.807) is 30.3 Å². The van der Waals surface area contributed by atoms with E-state index in [1.165, 1.54) is 30.7 Å². The number of sulfonamides is 1. The number of benzene rings is 3. The molecule has 4 N–H and O–H groups in total. The molecule has 11 nitrogen and oxygen atoms in total. The van der Waals surface area contributed by atoms with Crippen molar-refractivity contribution in [1.82, 2.24) is 34.9 Å². The minimum absolute atomic E-state index is 0.106. The second-order valence-corrected chi connectivity index (χ2v) is 13.0. The SMILES string of the molecule is CS(=O)(=O)NCc1cc(F)cc(-c2nccc3[nH]c(-c4n[nH]c5ccc(-c6cncc(NC(=O)Cc7ccccc7)c6)c(F)c45)nc23)c1. The molecule has 0 aliphatic rings. The van der Waals surface area contributed by atoms with Gasteiger partial charge >= 0.3 is 0 Å². The molecule has 4 heterocycles. The number of fused-ring (bicyclic) bond motifs is 2. The molecule has 1 amide bonds. The Balaban J connectivity index is 1.22. The molecule has 0 fully saturated rings. The number of hydrogen-bond acceptors (Lipinski definition) is 7. The molecule has 0 bridgehead atoms. The number of imidazole rings is 1. The fourth-order valence-corrected chi connectivity index (χ4v) is 5.90. The Morgan fingerprint density at radius 2 is 1.73 bits per heavy atom. The number of anilines is 1. The van der Waals surface area contributed by atoms with Crippen molar-refractivity contribution in [3.05, 3.63) is 114 Å². The van der Waals surface area contributed by atoms with Crippen LogP contribution in [-0.2, 0) is 27.8 Å². The molecule has 0 spiro atoms. The highest BCUT2D eigenvalue weighted by Gasteiger charge is 2.21. The summed E-state index contributed by atoms with van der Waals surface area (Å²) >= 11 is 0. The average Bonchev–Trinajstić information content (AvgIpc) is 3.69. The lowest BCUT2D eigenvalue weighted by Crippen LogP contribution is -2.21. The molecule has 0 radical (unpaired) electrons. The zero-order valence-corrected chi connectivity index (χ0v) is 26.1. The van der Waals surface area contributed by atoms with Crippen LogP contribution in [0.5, 0.6) is 0 Å². The van der Waals surface area contributed by atoms with Gasteiger partial charge in [0.2, 0.25) is 15.9 Å². The van der Waals surface area contributed by atoms with Gasteiger partial charge in [-0.25, -0.2) is 26.9 Å². The van der Waals surface area contributed by atoms with Gasteiger partial charge in [-0.05, 0) is 53.6 Å². The number of nitrogens with one attached hydrogen (secondary N) is 4. The quantitative estimate of drug-likeness (QED) is 0.153. The molecule has 7 aromatic rings. The van der Waals surface area contributed by atoms with Crippen molar-refractivity contribution in [2.24, 2.45) is 0 Å². The van der Waals surface area contributed by atoms with E-state index in [0.717, 1.165) is 11.8 Å². The van der Waals surface area contributed by atoms with Gasteiger partial charge in [-0.1, -0.05) is 30.3 Å². The molecule has 3 aromatic carbocycles. The average molecular weight is 665 g/mol. The van der Waals surface area contributed by atoms with Crippen LogP contribution in [-0.4, -0.2) is 50.7 Å². The van der Waals surface area contributed by atoms with Crippen molar-refractivity contribution < 1.29 is 22.0 Å². The normalized spacial score (nSPS) is 11.7. The fourth-order valence-electron chi connectivity index (χ4n) is 5.47. The summed E-state index contributed by atoms with van der Waals surface area (Å²) in [6, 6.07) is 20.1. The number of halogens is 2. The van der Waals surface area contributed by atoms with Crippen LogP contribution in [0.2, 0.25) is 0 Å². The number of nitrogens with zero attached hydrogens (tertiary/aromatic N) is 4. The molecule has 4 aromatic heterocycles. The molecule has 0 saturated carbocycles. The van der Waals surface area contributed by atoms with E-state index in [9.17, 15) is 17.6 Å². The van der Waals surface area contributed by atoms with E-state index in [0.29, 0.717) is 44.6 Å². The zero-order chi connectivity index (χ0) is 33.4. The lowest BCUT2D eigenvalue weighted by Gasteiger charge is -2.09. The van der Waals surface area contributed by atoms with Crippen LogP contribution in [0.3, 0.4) is 0 Å². The third-order valence-electron chi connectivity index (χ3n) is 7.60. The Morgan fingerprint density at radius 1 is 0.896 bits per heavy atom. The summed E-state index contributed by atoms with van der Waals surface area (Å²) in [4.78, 5) is 29.1. The van der Waals surface area contributed by atoms with Crippen molar-refractivity contribution >= 4 is 43.6 Å². The van der Waals surface area contributed by atoms with Crippen LogP contribution in [0.1, 0.15) is 11.1 Å². The summed E-state index contributed by atoms with van der Waals surface area (Å²) in [5.74, 6) is -1.13. The Kier molecular flexibility index (Phi) is 7.94. The molecule has 0 aliphatic heterocycles. The van der Waals surface area contributed by atoms with Gasteiger partial charge in [0, 0.05) is 35.6 Å². The van der Waals surface area contributed by atoms with Crippen LogP contribution >= 0.6 is 0 Å². The van der Waals surface area contributed by atoms with Crippen LogP contribution in [0.4, 0.5) is 14.5 Å². The van der Waals surface area contributed by atoms with E-state index in [-0.39, 0.29) is 41.3 Å². The van der Waals surface area contributed by atoms with Gasteiger partial charge in [0.25, 0.3) is 0 Å². The van der Waals surface area contributed by atoms with Crippen molar-refractivity contribution in [2.75, 3.05) is 11.6 Å². The van der Waals surface area contributed by atoms with E-state index in [4.69, 9.17) is 0 Å². The number of carbonyl (C=O) groups is 1. The van der Waals surface area contributed by atoms with Gasteiger partial charge in [0.05, 0.1) is 46.7 Å². The van der Waals surface area contributed by atoms with Crippen LogP contribution < -0.4 is 10.0 Å². The molecular weight excluding hydrogens is 638 g/mol. The lowest BCUT2D eigenvalue weighted by atomic mass is 10.0.